The number of hydrogen-bond donors (Lipinski definition) is 2. The summed E-state index contributed by atoms with van der Waals surface area (Å²) < 4.78 is 10.4. The fourth-order valence-corrected chi connectivity index (χ4v) is 3.53. The highest BCUT2D eigenvalue weighted by Gasteiger charge is 2.23. The second kappa shape index (κ2) is 13.0. The van der Waals surface area contributed by atoms with Crippen molar-refractivity contribution in [2.24, 2.45) is 4.99 Å². The lowest BCUT2D eigenvalue weighted by molar-refractivity contribution is -0.143. The second-order valence-electron chi connectivity index (χ2n) is 7.09. The van der Waals surface area contributed by atoms with Crippen LogP contribution in [-0.4, -0.2) is 63.3 Å². The van der Waals surface area contributed by atoms with E-state index in [0.29, 0.717) is 32.5 Å². The molecule has 1 saturated heterocycles. The molecule has 162 valence electrons. The van der Waals surface area contributed by atoms with Crippen LogP contribution in [-0.2, 0) is 9.53 Å². The van der Waals surface area contributed by atoms with Crippen molar-refractivity contribution >= 4 is 11.9 Å². The number of rotatable bonds is 11. The zero-order valence-electron chi connectivity index (χ0n) is 18.1. The Bertz CT molecular complexity index is 645. The van der Waals surface area contributed by atoms with Gasteiger partial charge in [0.2, 0.25) is 0 Å². The molecule has 0 saturated carbocycles. The fourth-order valence-electron chi connectivity index (χ4n) is 3.53. The Morgan fingerprint density at radius 3 is 2.72 bits per heavy atom. The number of nitrogens with one attached hydrogen (secondary N) is 2. The minimum Gasteiger partial charge on any atom is -0.497 e. The second-order valence-corrected chi connectivity index (χ2v) is 7.09. The largest absolute Gasteiger partial charge is 0.497 e. The summed E-state index contributed by atoms with van der Waals surface area (Å²) in [5.74, 6) is 1.51. The minimum atomic E-state index is -0.150. The molecule has 1 aromatic rings. The van der Waals surface area contributed by atoms with Crippen LogP contribution in [0.25, 0.3) is 0 Å². The van der Waals surface area contributed by atoms with Gasteiger partial charge in [0.05, 0.1) is 26.3 Å². The topological polar surface area (TPSA) is 75.2 Å². The molecule has 2 rings (SSSR count). The average Bonchev–Trinajstić information content (AvgIpc) is 3.26. The normalized spacial score (nSPS) is 15.8. The number of methoxy groups -OCH3 is 1. The highest BCUT2D eigenvalue weighted by atomic mass is 16.5. The molecule has 29 heavy (non-hydrogen) atoms. The Labute approximate surface area is 174 Å². The van der Waals surface area contributed by atoms with Gasteiger partial charge in [-0.25, -0.2) is 0 Å². The third-order valence-corrected chi connectivity index (χ3v) is 4.98. The minimum absolute atomic E-state index is 0.150. The SMILES string of the molecule is CCNC(=NCC(c1cccc(OC)c1)N1CCCC1)NCCCC(=O)OCC. The molecule has 1 aliphatic rings. The summed E-state index contributed by atoms with van der Waals surface area (Å²) in [6.07, 6.45) is 3.60. The summed E-state index contributed by atoms with van der Waals surface area (Å²) in [4.78, 5) is 18.8. The maximum absolute atomic E-state index is 11.5. The number of carbonyl (C=O) groups excluding carboxylic acids is 1. The van der Waals surface area contributed by atoms with Crippen molar-refractivity contribution < 1.29 is 14.3 Å². The van der Waals surface area contributed by atoms with Crippen LogP contribution in [0.3, 0.4) is 0 Å². The van der Waals surface area contributed by atoms with E-state index in [0.717, 1.165) is 31.3 Å². The van der Waals surface area contributed by atoms with E-state index in [1.54, 1.807) is 7.11 Å². The first-order valence-electron chi connectivity index (χ1n) is 10.7. The molecule has 1 aromatic carbocycles. The van der Waals surface area contributed by atoms with Gasteiger partial charge in [0.25, 0.3) is 0 Å². The monoisotopic (exact) mass is 404 g/mol. The fraction of sp³-hybridized carbons (Fsp3) is 0.636. The van der Waals surface area contributed by atoms with Gasteiger partial charge in [0, 0.05) is 19.5 Å². The Kier molecular flexibility index (Phi) is 10.3. The Balaban J connectivity index is 2.00. The van der Waals surface area contributed by atoms with Crippen LogP contribution >= 0.6 is 0 Å². The Hall–Kier alpha value is -2.28. The first-order valence-corrected chi connectivity index (χ1v) is 10.7. The van der Waals surface area contributed by atoms with Crippen LogP contribution in [0.4, 0.5) is 0 Å². The van der Waals surface area contributed by atoms with Crippen molar-refractivity contribution in [1.82, 2.24) is 15.5 Å². The van der Waals surface area contributed by atoms with Crippen LogP contribution in [0.15, 0.2) is 29.3 Å². The number of esters is 1. The predicted octanol–water partition coefficient (Wildman–Crippen LogP) is 2.73. The van der Waals surface area contributed by atoms with Crippen LogP contribution < -0.4 is 15.4 Å². The van der Waals surface area contributed by atoms with E-state index in [-0.39, 0.29) is 12.0 Å². The molecule has 1 atom stereocenters. The smallest absolute Gasteiger partial charge is 0.305 e. The molecule has 1 unspecified atom stereocenters. The molecule has 7 heteroatoms. The maximum Gasteiger partial charge on any atom is 0.305 e. The van der Waals surface area contributed by atoms with Crippen molar-refractivity contribution in [2.75, 3.05) is 46.4 Å². The number of carbonyl (C=O) groups is 1. The van der Waals surface area contributed by atoms with E-state index in [2.05, 4.69) is 34.6 Å². The lowest BCUT2D eigenvalue weighted by atomic mass is 10.1. The van der Waals surface area contributed by atoms with Gasteiger partial charge in [-0.3, -0.25) is 14.7 Å². The number of aliphatic imine (C=N–C) groups is 1. The van der Waals surface area contributed by atoms with Crippen LogP contribution in [0, 0.1) is 0 Å². The lowest BCUT2D eigenvalue weighted by Crippen LogP contribution is -2.39. The highest BCUT2D eigenvalue weighted by molar-refractivity contribution is 5.79. The summed E-state index contributed by atoms with van der Waals surface area (Å²) >= 11 is 0. The van der Waals surface area contributed by atoms with Crippen molar-refractivity contribution in [2.45, 2.75) is 45.6 Å². The summed E-state index contributed by atoms with van der Waals surface area (Å²) in [7, 11) is 1.70. The maximum atomic E-state index is 11.5. The Morgan fingerprint density at radius 1 is 1.24 bits per heavy atom. The summed E-state index contributed by atoms with van der Waals surface area (Å²) in [6.45, 7) is 8.64. The van der Waals surface area contributed by atoms with E-state index in [1.165, 1.54) is 18.4 Å². The van der Waals surface area contributed by atoms with Gasteiger partial charge >= 0.3 is 5.97 Å². The summed E-state index contributed by atoms with van der Waals surface area (Å²) in [6, 6.07) is 8.50. The molecule has 2 N–H and O–H groups in total. The van der Waals surface area contributed by atoms with E-state index in [4.69, 9.17) is 14.5 Å². The molecule has 1 aliphatic heterocycles. The standard InChI is InChI=1S/C22H36N4O3/c1-4-23-22(24-13-9-12-21(27)29-5-2)25-17-20(26-14-6-7-15-26)18-10-8-11-19(16-18)28-3/h8,10-11,16,20H,4-7,9,12-15,17H2,1-3H3,(H2,23,24,25). The molecule has 1 fully saturated rings. The summed E-state index contributed by atoms with van der Waals surface area (Å²) in [5.41, 5.74) is 1.23. The predicted molar refractivity (Wildman–Crippen MR) is 116 cm³/mol. The van der Waals surface area contributed by atoms with Gasteiger partial charge in [-0.1, -0.05) is 12.1 Å². The number of nitrogens with zero attached hydrogens (tertiary/aromatic N) is 2. The zero-order valence-corrected chi connectivity index (χ0v) is 18.1. The Morgan fingerprint density at radius 2 is 2.03 bits per heavy atom. The van der Waals surface area contributed by atoms with Crippen molar-refractivity contribution in [3.8, 4) is 5.75 Å². The molecule has 1 heterocycles. The van der Waals surface area contributed by atoms with Gasteiger partial charge in [-0.2, -0.15) is 0 Å². The third-order valence-electron chi connectivity index (χ3n) is 4.98. The highest BCUT2D eigenvalue weighted by Crippen LogP contribution is 2.27. The quantitative estimate of drug-likeness (QED) is 0.256. The first kappa shape index (κ1) is 23.0. The van der Waals surface area contributed by atoms with E-state index in [1.807, 2.05) is 19.1 Å². The van der Waals surface area contributed by atoms with Crippen LogP contribution in [0.5, 0.6) is 5.75 Å². The number of ether oxygens (including phenoxy) is 2. The molecular formula is C22H36N4O3. The average molecular weight is 405 g/mol. The third kappa shape index (κ3) is 7.93. The van der Waals surface area contributed by atoms with Gasteiger partial charge in [0.1, 0.15) is 5.75 Å². The van der Waals surface area contributed by atoms with Crippen molar-refractivity contribution in [3.63, 3.8) is 0 Å². The number of hydrogen-bond acceptors (Lipinski definition) is 5. The van der Waals surface area contributed by atoms with Crippen LogP contribution in [0.2, 0.25) is 0 Å². The van der Waals surface area contributed by atoms with E-state index in [9.17, 15) is 4.79 Å². The number of likely N-dealkylation sites (tertiary alicyclic amines) is 1. The molecule has 0 aromatic heterocycles. The van der Waals surface area contributed by atoms with Crippen molar-refractivity contribution in [3.05, 3.63) is 29.8 Å². The zero-order chi connectivity index (χ0) is 20.9. The van der Waals surface area contributed by atoms with Gasteiger partial charge < -0.3 is 20.1 Å². The number of benzene rings is 1. The van der Waals surface area contributed by atoms with E-state index < -0.39 is 0 Å². The summed E-state index contributed by atoms with van der Waals surface area (Å²) in [5, 5.41) is 6.62. The molecule has 0 aliphatic carbocycles. The molecule has 0 bridgehead atoms. The van der Waals surface area contributed by atoms with Gasteiger partial charge in [0.15, 0.2) is 5.96 Å². The molecule has 7 nitrogen and oxygen atoms in total. The number of guanidine groups is 1. The van der Waals surface area contributed by atoms with Gasteiger partial charge in [-0.15, -0.1) is 0 Å². The first-order chi connectivity index (χ1) is 14.2. The molecular weight excluding hydrogens is 368 g/mol. The molecule has 0 radical (unpaired) electrons. The van der Waals surface area contributed by atoms with Crippen LogP contribution in [0.1, 0.15) is 51.1 Å². The van der Waals surface area contributed by atoms with E-state index >= 15 is 0 Å². The molecule has 0 amide bonds. The van der Waals surface area contributed by atoms with Gasteiger partial charge in [-0.05, 0) is 63.9 Å². The molecule has 0 spiro atoms. The lowest BCUT2D eigenvalue weighted by Gasteiger charge is -2.27. The van der Waals surface area contributed by atoms with Crippen molar-refractivity contribution in [1.29, 1.82) is 0 Å².